The molecule has 3 aromatic rings. The highest BCUT2D eigenvalue weighted by Gasteiger charge is 2.06. The van der Waals surface area contributed by atoms with Gasteiger partial charge in [0.1, 0.15) is 11.6 Å². The molecule has 0 aliphatic carbocycles. The quantitative estimate of drug-likeness (QED) is 0.650. The molecule has 0 radical (unpaired) electrons. The number of benzene rings is 2. The monoisotopic (exact) mass is 300 g/mol. The van der Waals surface area contributed by atoms with E-state index in [-0.39, 0.29) is 0 Å². The number of nitrogens with zero attached hydrogens (tertiary/aromatic N) is 2. The molecule has 108 valence electrons. The predicted octanol–water partition coefficient (Wildman–Crippen LogP) is 4.47. The van der Waals surface area contributed by atoms with E-state index in [1.165, 1.54) is 5.52 Å². The molecule has 0 amide bonds. The Bertz CT molecular complexity index is 751. The van der Waals surface area contributed by atoms with Crippen molar-refractivity contribution in [2.24, 2.45) is 0 Å². The fourth-order valence-corrected chi connectivity index (χ4v) is 2.64. The number of hydrogen-bond acceptors (Lipinski definition) is 2. The summed E-state index contributed by atoms with van der Waals surface area (Å²) in [6.45, 7) is 3.56. The molecule has 0 bridgehead atoms. The average molecular weight is 301 g/mol. The summed E-state index contributed by atoms with van der Waals surface area (Å²) in [7, 11) is 0. The maximum Gasteiger partial charge on any atom is 0.137 e. The highest BCUT2D eigenvalue weighted by molar-refractivity contribution is 6.32. The van der Waals surface area contributed by atoms with Gasteiger partial charge in [0.25, 0.3) is 0 Å². The summed E-state index contributed by atoms with van der Waals surface area (Å²) in [5.74, 6) is 1.78. The molecule has 0 aliphatic rings. The lowest BCUT2D eigenvalue weighted by Gasteiger charge is -2.09. The van der Waals surface area contributed by atoms with Gasteiger partial charge >= 0.3 is 0 Å². The minimum absolute atomic E-state index is 0.635. The third-order valence-electron chi connectivity index (χ3n) is 3.47. The average Bonchev–Trinajstić information content (AvgIpc) is 2.81. The molecule has 0 unspecified atom stereocenters. The van der Waals surface area contributed by atoms with Gasteiger partial charge in [0.05, 0.1) is 22.7 Å². The van der Waals surface area contributed by atoms with Gasteiger partial charge in [-0.15, -0.1) is 0 Å². The van der Waals surface area contributed by atoms with Gasteiger partial charge in [-0.1, -0.05) is 35.9 Å². The normalized spacial score (nSPS) is 11.0. The molecule has 3 nitrogen and oxygen atoms in total. The summed E-state index contributed by atoms with van der Waals surface area (Å²) >= 11 is 6.07. The third kappa shape index (κ3) is 3.03. The van der Waals surface area contributed by atoms with E-state index >= 15 is 0 Å². The van der Waals surface area contributed by atoms with Crippen molar-refractivity contribution in [2.75, 3.05) is 6.61 Å². The molecule has 0 saturated carbocycles. The molecule has 4 heteroatoms. The molecule has 0 aliphatic heterocycles. The van der Waals surface area contributed by atoms with Crippen LogP contribution in [0.15, 0.2) is 48.5 Å². The highest BCUT2D eigenvalue weighted by Crippen LogP contribution is 2.23. The maximum atomic E-state index is 6.07. The fourth-order valence-electron chi connectivity index (χ4n) is 2.44. The molecular weight excluding hydrogens is 284 g/mol. The zero-order valence-electron chi connectivity index (χ0n) is 11.9. The lowest BCUT2D eigenvalue weighted by molar-refractivity contribution is 0.302. The van der Waals surface area contributed by atoms with Crippen LogP contribution >= 0.6 is 11.6 Å². The first-order valence-corrected chi connectivity index (χ1v) is 7.43. The van der Waals surface area contributed by atoms with Crippen LogP contribution < -0.4 is 4.74 Å². The maximum absolute atomic E-state index is 6.07. The summed E-state index contributed by atoms with van der Waals surface area (Å²) in [6, 6.07) is 15.7. The van der Waals surface area contributed by atoms with Crippen molar-refractivity contribution in [1.29, 1.82) is 0 Å². The lowest BCUT2D eigenvalue weighted by Crippen LogP contribution is -2.06. The van der Waals surface area contributed by atoms with Gasteiger partial charge in [0.2, 0.25) is 0 Å². The fraction of sp³-hybridized carbons (Fsp3) is 0.235. The number of para-hydroxylation sites is 3. The second-order valence-electron chi connectivity index (χ2n) is 4.93. The highest BCUT2D eigenvalue weighted by atomic mass is 35.5. The van der Waals surface area contributed by atoms with Crippen LogP contribution in [0.4, 0.5) is 0 Å². The molecule has 1 heterocycles. The van der Waals surface area contributed by atoms with E-state index in [0.717, 1.165) is 30.1 Å². The number of ether oxygens (including phenoxy) is 1. The van der Waals surface area contributed by atoms with Gasteiger partial charge < -0.3 is 9.30 Å². The minimum atomic E-state index is 0.635. The van der Waals surface area contributed by atoms with Crippen LogP contribution in [-0.2, 0) is 6.54 Å². The smallest absolute Gasteiger partial charge is 0.137 e. The van der Waals surface area contributed by atoms with Crippen LogP contribution in [0.25, 0.3) is 11.0 Å². The van der Waals surface area contributed by atoms with Crippen molar-refractivity contribution >= 4 is 22.6 Å². The van der Waals surface area contributed by atoms with Crippen molar-refractivity contribution in [3.8, 4) is 5.75 Å². The zero-order valence-corrected chi connectivity index (χ0v) is 12.7. The second kappa shape index (κ2) is 6.19. The Hall–Kier alpha value is -2.00. The van der Waals surface area contributed by atoms with E-state index in [0.29, 0.717) is 11.6 Å². The lowest BCUT2D eigenvalue weighted by atomic mass is 10.3. The Kier molecular flexibility index (Phi) is 4.11. The van der Waals surface area contributed by atoms with E-state index in [4.69, 9.17) is 16.3 Å². The van der Waals surface area contributed by atoms with E-state index < -0.39 is 0 Å². The minimum Gasteiger partial charge on any atom is -0.492 e. The molecule has 2 aromatic carbocycles. The zero-order chi connectivity index (χ0) is 14.7. The van der Waals surface area contributed by atoms with Crippen molar-refractivity contribution in [2.45, 2.75) is 19.9 Å². The number of aromatic nitrogens is 2. The Morgan fingerprint density at radius 2 is 1.86 bits per heavy atom. The molecule has 0 spiro atoms. The molecule has 21 heavy (non-hydrogen) atoms. The van der Waals surface area contributed by atoms with Gasteiger partial charge in [-0.2, -0.15) is 0 Å². The summed E-state index contributed by atoms with van der Waals surface area (Å²) < 4.78 is 7.95. The van der Waals surface area contributed by atoms with Crippen LogP contribution in [0.2, 0.25) is 5.02 Å². The topological polar surface area (TPSA) is 27.1 Å². The van der Waals surface area contributed by atoms with E-state index in [9.17, 15) is 0 Å². The molecule has 0 atom stereocenters. The van der Waals surface area contributed by atoms with Crippen LogP contribution in [0.5, 0.6) is 5.75 Å². The standard InChI is InChI=1S/C17H17ClN2O/c1-13-19-15-8-3-4-9-16(15)20(13)11-6-12-21-17-10-5-2-7-14(17)18/h2-5,7-10H,6,11-12H2,1H3. The summed E-state index contributed by atoms with van der Waals surface area (Å²) in [5, 5.41) is 0.654. The molecule has 1 aromatic heterocycles. The number of halogens is 1. The summed E-state index contributed by atoms with van der Waals surface area (Å²) in [5.41, 5.74) is 2.22. The predicted molar refractivity (Wildman–Crippen MR) is 86.0 cm³/mol. The molecule has 0 fully saturated rings. The van der Waals surface area contributed by atoms with Crippen LogP contribution in [-0.4, -0.2) is 16.2 Å². The largest absolute Gasteiger partial charge is 0.492 e. The van der Waals surface area contributed by atoms with Gasteiger partial charge in [0, 0.05) is 6.54 Å². The first-order valence-electron chi connectivity index (χ1n) is 7.05. The number of hydrogen-bond donors (Lipinski definition) is 0. The Morgan fingerprint density at radius 3 is 2.71 bits per heavy atom. The number of rotatable bonds is 5. The summed E-state index contributed by atoms with van der Waals surface area (Å²) in [6.07, 6.45) is 0.909. The number of fused-ring (bicyclic) bond motifs is 1. The van der Waals surface area contributed by atoms with Crippen LogP contribution in [0.1, 0.15) is 12.2 Å². The molecular formula is C17H17ClN2O. The van der Waals surface area contributed by atoms with Crippen LogP contribution in [0, 0.1) is 6.92 Å². The number of imidazole rings is 1. The van der Waals surface area contributed by atoms with Crippen molar-refractivity contribution in [1.82, 2.24) is 9.55 Å². The third-order valence-corrected chi connectivity index (χ3v) is 3.78. The van der Waals surface area contributed by atoms with Gasteiger partial charge in [-0.25, -0.2) is 4.98 Å². The van der Waals surface area contributed by atoms with E-state index in [1.807, 2.05) is 49.4 Å². The van der Waals surface area contributed by atoms with Crippen LogP contribution in [0.3, 0.4) is 0 Å². The van der Waals surface area contributed by atoms with E-state index in [1.54, 1.807) is 0 Å². The first-order chi connectivity index (χ1) is 10.3. The Balaban J connectivity index is 1.62. The van der Waals surface area contributed by atoms with Crippen molar-refractivity contribution < 1.29 is 4.74 Å². The number of aryl methyl sites for hydroxylation is 2. The molecule has 0 saturated heterocycles. The Labute approximate surface area is 129 Å². The Morgan fingerprint density at radius 1 is 1.10 bits per heavy atom. The van der Waals surface area contributed by atoms with Crippen molar-refractivity contribution in [3.05, 3.63) is 59.4 Å². The van der Waals surface area contributed by atoms with Gasteiger partial charge in [-0.05, 0) is 37.6 Å². The molecule has 3 rings (SSSR count). The first kappa shape index (κ1) is 14.0. The van der Waals surface area contributed by atoms with Gasteiger partial charge in [-0.3, -0.25) is 0 Å². The van der Waals surface area contributed by atoms with Crippen molar-refractivity contribution in [3.63, 3.8) is 0 Å². The van der Waals surface area contributed by atoms with E-state index in [2.05, 4.69) is 15.6 Å². The SMILES string of the molecule is Cc1nc2ccccc2n1CCCOc1ccccc1Cl. The second-order valence-corrected chi connectivity index (χ2v) is 5.34. The van der Waals surface area contributed by atoms with Gasteiger partial charge in [0.15, 0.2) is 0 Å². The summed E-state index contributed by atoms with van der Waals surface area (Å²) in [4.78, 5) is 4.57. The molecule has 0 N–H and O–H groups in total.